The summed E-state index contributed by atoms with van der Waals surface area (Å²) in [5, 5.41) is 9.62. The molecule has 0 amide bonds. The number of aromatic nitrogens is 1. The number of carboxylic acids is 1. The molecule has 4 heteroatoms. The van der Waals surface area contributed by atoms with Gasteiger partial charge in [-0.3, -0.25) is 0 Å². The molecule has 2 aliphatic rings. The molecular weight excluding hydrogens is 336 g/mol. The van der Waals surface area contributed by atoms with Gasteiger partial charge in [0.25, 0.3) is 0 Å². The van der Waals surface area contributed by atoms with Gasteiger partial charge in [0.2, 0.25) is 0 Å². The van der Waals surface area contributed by atoms with Gasteiger partial charge in [0.05, 0.1) is 5.56 Å². The van der Waals surface area contributed by atoms with Gasteiger partial charge in [0, 0.05) is 36.7 Å². The van der Waals surface area contributed by atoms with Crippen LogP contribution in [-0.4, -0.2) is 28.7 Å². The van der Waals surface area contributed by atoms with Gasteiger partial charge in [-0.25, -0.2) is 4.79 Å². The number of carboxylic acid groups (broad SMARTS) is 1. The molecule has 1 saturated carbocycles. The Labute approximate surface area is 161 Å². The highest BCUT2D eigenvalue weighted by Gasteiger charge is 2.22. The molecule has 0 radical (unpaired) electrons. The minimum Gasteiger partial charge on any atom is -0.478 e. The lowest BCUT2D eigenvalue weighted by molar-refractivity contribution is 0.0696. The van der Waals surface area contributed by atoms with Crippen LogP contribution in [-0.2, 0) is 6.54 Å². The number of hydrogen-bond acceptors (Lipinski definition) is 2. The van der Waals surface area contributed by atoms with Gasteiger partial charge >= 0.3 is 5.97 Å². The molecular formula is C23H30N2O2. The molecule has 0 spiro atoms. The summed E-state index contributed by atoms with van der Waals surface area (Å²) in [4.78, 5) is 14.1. The van der Waals surface area contributed by atoms with Crippen molar-refractivity contribution in [3.8, 4) is 11.3 Å². The van der Waals surface area contributed by atoms with Gasteiger partial charge < -0.3 is 14.6 Å². The van der Waals surface area contributed by atoms with Crippen molar-refractivity contribution in [3.63, 3.8) is 0 Å². The number of anilines is 1. The highest BCUT2D eigenvalue weighted by molar-refractivity contribution is 5.91. The summed E-state index contributed by atoms with van der Waals surface area (Å²) in [5.74, 6) is -0.168. The molecule has 0 bridgehead atoms. The number of hydrogen-bond donors (Lipinski definition) is 1. The van der Waals surface area contributed by atoms with Crippen molar-refractivity contribution >= 4 is 11.7 Å². The summed E-state index contributed by atoms with van der Waals surface area (Å²) in [6.45, 7) is 5.16. The van der Waals surface area contributed by atoms with Crippen LogP contribution < -0.4 is 4.90 Å². The molecule has 4 rings (SSSR count). The SMILES string of the molecule is Cc1c(C(=O)O)cc(-c2ccc(N3CCCC3)cc2)n1CC1CCCCC1. The number of benzene rings is 1. The van der Waals surface area contributed by atoms with E-state index in [0.717, 1.165) is 36.6 Å². The van der Waals surface area contributed by atoms with Crippen molar-refractivity contribution in [3.05, 3.63) is 41.6 Å². The molecule has 2 aromatic rings. The fourth-order valence-corrected chi connectivity index (χ4v) is 4.78. The average Bonchev–Trinajstić information content (AvgIpc) is 3.32. The van der Waals surface area contributed by atoms with Gasteiger partial charge in [0.1, 0.15) is 0 Å². The molecule has 1 aromatic carbocycles. The summed E-state index contributed by atoms with van der Waals surface area (Å²) in [6.07, 6.45) is 9.00. The van der Waals surface area contributed by atoms with Crippen molar-refractivity contribution in [2.24, 2.45) is 5.92 Å². The van der Waals surface area contributed by atoms with Crippen molar-refractivity contribution in [1.29, 1.82) is 0 Å². The molecule has 27 heavy (non-hydrogen) atoms. The average molecular weight is 367 g/mol. The fraction of sp³-hybridized carbons (Fsp3) is 0.522. The first-order valence-electron chi connectivity index (χ1n) is 10.4. The largest absolute Gasteiger partial charge is 0.478 e. The quantitative estimate of drug-likeness (QED) is 0.776. The van der Waals surface area contributed by atoms with Crippen molar-refractivity contribution in [2.75, 3.05) is 18.0 Å². The Balaban J connectivity index is 1.65. The van der Waals surface area contributed by atoms with E-state index in [1.165, 1.54) is 50.6 Å². The highest BCUT2D eigenvalue weighted by atomic mass is 16.4. The Kier molecular flexibility index (Phi) is 5.24. The Hall–Kier alpha value is -2.23. The van der Waals surface area contributed by atoms with Gasteiger partial charge in [-0.2, -0.15) is 0 Å². The third-order valence-electron chi connectivity index (χ3n) is 6.40. The highest BCUT2D eigenvalue weighted by Crippen LogP contribution is 2.32. The number of carbonyl (C=O) groups is 1. The van der Waals surface area contributed by atoms with E-state index in [2.05, 4.69) is 33.7 Å². The lowest BCUT2D eigenvalue weighted by atomic mass is 9.89. The maximum atomic E-state index is 11.7. The molecule has 4 nitrogen and oxygen atoms in total. The zero-order valence-corrected chi connectivity index (χ0v) is 16.3. The first-order valence-corrected chi connectivity index (χ1v) is 10.4. The topological polar surface area (TPSA) is 45.5 Å². The minimum absolute atomic E-state index is 0.435. The van der Waals surface area contributed by atoms with E-state index in [9.17, 15) is 9.90 Å². The van der Waals surface area contributed by atoms with Gasteiger partial charge in [-0.05, 0) is 62.3 Å². The first-order chi connectivity index (χ1) is 13.1. The van der Waals surface area contributed by atoms with Crippen LogP contribution in [0.4, 0.5) is 5.69 Å². The second-order valence-corrected chi connectivity index (χ2v) is 8.19. The van der Waals surface area contributed by atoms with Crippen LogP contribution >= 0.6 is 0 Å². The molecule has 1 saturated heterocycles. The summed E-state index contributed by atoms with van der Waals surface area (Å²) >= 11 is 0. The molecule has 1 aliphatic carbocycles. The van der Waals surface area contributed by atoms with Crippen LogP contribution in [0.1, 0.15) is 61.0 Å². The van der Waals surface area contributed by atoms with Crippen LogP contribution in [0.5, 0.6) is 0 Å². The molecule has 144 valence electrons. The Morgan fingerprint density at radius 3 is 2.33 bits per heavy atom. The monoisotopic (exact) mass is 366 g/mol. The second kappa shape index (κ2) is 7.79. The van der Waals surface area contributed by atoms with Crippen LogP contribution in [0.25, 0.3) is 11.3 Å². The lowest BCUT2D eigenvalue weighted by Crippen LogP contribution is -2.17. The predicted octanol–water partition coefficient (Wildman–Crippen LogP) is 5.34. The molecule has 2 fully saturated rings. The molecule has 2 heterocycles. The van der Waals surface area contributed by atoms with Crippen molar-refractivity contribution in [2.45, 2.75) is 58.4 Å². The van der Waals surface area contributed by atoms with Crippen LogP contribution in [0.2, 0.25) is 0 Å². The molecule has 1 aromatic heterocycles. The normalized spacial score (nSPS) is 18.2. The Morgan fingerprint density at radius 2 is 1.70 bits per heavy atom. The molecule has 1 N–H and O–H groups in total. The van der Waals surface area contributed by atoms with E-state index in [1.807, 2.05) is 13.0 Å². The number of aromatic carboxylic acids is 1. The first kappa shape index (κ1) is 18.1. The Morgan fingerprint density at radius 1 is 1.04 bits per heavy atom. The fourth-order valence-electron chi connectivity index (χ4n) is 4.78. The van der Waals surface area contributed by atoms with Gasteiger partial charge in [-0.15, -0.1) is 0 Å². The van der Waals surface area contributed by atoms with Crippen LogP contribution in [0.3, 0.4) is 0 Å². The molecule has 0 unspecified atom stereocenters. The third-order valence-corrected chi connectivity index (χ3v) is 6.40. The van der Waals surface area contributed by atoms with Crippen molar-refractivity contribution < 1.29 is 9.90 Å². The second-order valence-electron chi connectivity index (χ2n) is 8.19. The van der Waals surface area contributed by atoms with E-state index in [4.69, 9.17) is 0 Å². The van der Waals surface area contributed by atoms with Gasteiger partial charge in [0.15, 0.2) is 0 Å². The maximum absolute atomic E-state index is 11.7. The van der Waals surface area contributed by atoms with E-state index in [0.29, 0.717) is 11.5 Å². The Bertz CT molecular complexity index is 795. The zero-order chi connectivity index (χ0) is 18.8. The van der Waals surface area contributed by atoms with Crippen molar-refractivity contribution in [1.82, 2.24) is 4.57 Å². The van der Waals surface area contributed by atoms with Gasteiger partial charge in [-0.1, -0.05) is 31.4 Å². The maximum Gasteiger partial charge on any atom is 0.337 e. The summed E-state index contributed by atoms with van der Waals surface area (Å²) in [7, 11) is 0. The standard InChI is InChI=1S/C23H30N2O2/c1-17-21(23(26)27)15-22(25(17)16-18-7-3-2-4-8-18)19-9-11-20(12-10-19)24-13-5-6-14-24/h9-12,15,18H,2-8,13-14,16H2,1H3,(H,26,27). The van der Waals surface area contributed by atoms with E-state index in [-0.39, 0.29) is 0 Å². The summed E-state index contributed by atoms with van der Waals surface area (Å²) in [6, 6.07) is 10.6. The number of nitrogens with zero attached hydrogens (tertiary/aromatic N) is 2. The smallest absolute Gasteiger partial charge is 0.337 e. The predicted molar refractivity (Wildman–Crippen MR) is 110 cm³/mol. The summed E-state index contributed by atoms with van der Waals surface area (Å²) in [5.41, 5.74) is 4.75. The number of rotatable bonds is 5. The summed E-state index contributed by atoms with van der Waals surface area (Å²) < 4.78 is 2.25. The van der Waals surface area contributed by atoms with E-state index < -0.39 is 5.97 Å². The van der Waals surface area contributed by atoms with E-state index >= 15 is 0 Å². The molecule has 0 atom stereocenters. The third kappa shape index (κ3) is 3.76. The van der Waals surface area contributed by atoms with E-state index in [1.54, 1.807) is 0 Å². The van der Waals surface area contributed by atoms with Crippen LogP contribution in [0, 0.1) is 12.8 Å². The zero-order valence-electron chi connectivity index (χ0n) is 16.3. The van der Waals surface area contributed by atoms with Crippen LogP contribution in [0.15, 0.2) is 30.3 Å². The minimum atomic E-state index is -0.829. The molecule has 1 aliphatic heterocycles. The lowest BCUT2D eigenvalue weighted by Gasteiger charge is -2.24.